The Kier molecular flexibility index (Phi) is 3.14. The lowest BCUT2D eigenvalue weighted by Gasteiger charge is -2.04. The maximum atomic E-state index is 12.1. The van der Waals surface area contributed by atoms with Crippen LogP contribution in [0.4, 0.5) is 13.2 Å². The van der Waals surface area contributed by atoms with Gasteiger partial charge in [-0.05, 0) is 22.9 Å². The first-order chi connectivity index (χ1) is 6.58. The predicted octanol–water partition coefficient (Wildman–Crippen LogP) is 3.71. The summed E-state index contributed by atoms with van der Waals surface area (Å²) in [5, 5.41) is -1.81. The van der Waals surface area contributed by atoms with Crippen molar-refractivity contribution in [1.82, 2.24) is 0 Å². The summed E-state index contributed by atoms with van der Waals surface area (Å²) >= 11 is 10.3. The van der Waals surface area contributed by atoms with Crippen LogP contribution >= 0.6 is 23.2 Å². The van der Waals surface area contributed by atoms with Crippen LogP contribution in [-0.4, -0.2) is 11.4 Å². The number of halogens is 5. The zero-order valence-corrected chi connectivity index (χ0v) is 9.54. The molecule has 1 saturated carbocycles. The second-order valence-electron chi connectivity index (χ2n) is 4.14. The minimum absolute atomic E-state index is 0.531. The van der Waals surface area contributed by atoms with Crippen LogP contribution < -0.4 is 0 Å². The van der Waals surface area contributed by atoms with Gasteiger partial charge in [0, 0.05) is 5.92 Å². The smallest absolute Gasteiger partial charge is 0.281 e. The van der Waals surface area contributed by atoms with Crippen LogP contribution in [0.2, 0.25) is 0 Å². The topological polar surface area (TPSA) is 17.1 Å². The second-order valence-corrected chi connectivity index (χ2v) is 4.92. The maximum Gasteiger partial charge on any atom is 0.426 e. The number of carbonyl (C=O) groups is 1. The number of hydrogen-bond acceptors (Lipinski definition) is 1. The highest BCUT2D eigenvalue weighted by Gasteiger charge is 2.60. The van der Waals surface area contributed by atoms with Crippen LogP contribution in [0.1, 0.15) is 13.8 Å². The lowest BCUT2D eigenvalue weighted by atomic mass is 10.1. The van der Waals surface area contributed by atoms with E-state index >= 15 is 0 Å². The lowest BCUT2D eigenvalue weighted by molar-refractivity contribution is -0.113. The molecule has 0 unspecified atom stereocenters. The van der Waals surface area contributed by atoms with Gasteiger partial charge in [-0.3, -0.25) is 4.79 Å². The summed E-state index contributed by atoms with van der Waals surface area (Å²) in [7, 11) is 0. The van der Waals surface area contributed by atoms with Crippen molar-refractivity contribution in [3.05, 3.63) is 11.1 Å². The summed E-state index contributed by atoms with van der Waals surface area (Å²) in [5.41, 5.74) is -0.537. The van der Waals surface area contributed by atoms with Gasteiger partial charge in [-0.15, -0.1) is 0 Å². The quantitative estimate of drug-likeness (QED) is 0.692. The van der Waals surface area contributed by atoms with E-state index in [0.29, 0.717) is 0 Å². The van der Waals surface area contributed by atoms with Gasteiger partial charge in [0.2, 0.25) is 5.24 Å². The summed E-state index contributed by atoms with van der Waals surface area (Å²) in [6.07, 6.45) is -3.69. The molecule has 0 heterocycles. The van der Waals surface area contributed by atoms with Crippen molar-refractivity contribution in [1.29, 1.82) is 0 Å². The van der Waals surface area contributed by atoms with Crippen molar-refractivity contribution in [2.45, 2.75) is 20.0 Å². The summed E-state index contributed by atoms with van der Waals surface area (Å²) in [5.74, 6) is -1.10. The summed E-state index contributed by atoms with van der Waals surface area (Å²) in [6.45, 7) is 3.36. The Hall–Kier alpha value is -0.220. The Morgan fingerprint density at radius 2 is 1.80 bits per heavy atom. The molecule has 1 aliphatic carbocycles. The molecule has 0 aliphatic heterocycles. The normalized spacial score (nSPS) is 30.2. The summed E-state index contributed by atoms with van der Waals surface area (Å²) in [6, 6.07) is 0. The minimum atomic E-state index is -4.56. The van der Waals surface area contributed by atoms with E-state index in [1.807, 2.05) is 0 Å². The molecule has 0 bridgehead atoms. The summed E-state index contributed by atoms with van der Waals surface area (Å²) < 4.78 is 36.3. The highest BCUT2D eigenvalue weighted by Crippen LogP contribution is 2.60. The van der Waals surface area contributed by atoms with Crippen molar-refractivity contribution in [2.75, 3.05) is 0 Å². The molecule has 1 fully saturated rings. The van der Waals surface area contributed by atoms with Gasteiger partial charge >= 0.3 is 6.18 Å². The van der Waals surface area contributed by atoms with Crippen molar-refractivity contribution in [2.24, 2.45) is 17.3 Å². The minimum Gasteiger partial charge on any atom is -0.281 e. The largest absolute Gasteiger partial charge is 0.426 e. The zero-order valence-electron chi connectivity index (χ0n) is 8.03. The van der Waals surface area contributed by atoms with Crippen molar-refractivity contribution >= 4 is 28.4 Å². The van der Waals surface area contributed by atoms with E-state index in [9.17, 15) is 18.0 Å². The first-order valence-electron chi connectivity index (χ1n) is 4.22. The van der Waals surface area contributed by atoms with E-state index in [4.69, 9.17) is 23.2 Å². The van der Waals surface area contributed by atoms with Crippen molar-refractivity contribution in [3.63, 3.8) is 0 Å². The Bertz CT molecular complexity index is 320. The van der Waals surface area contributed by atoms with E-state index in [1.54, 1.807) is 13.8 Å². The Morgan fingerprint density at radius 3 is 2.07 bits per heavy atom. The SMILES string of the molecule is CC1(C)[C@H](C=C(Cl)C(F)(F)F)[C@H]1C(=O)Cl. The van der Waals surface area contributed by atoms with Gasteiger partial charge in [0.15, 0.2) is 0 Å². The first kappa shape index (κ1) is 12.8. The van der Waals surface area contributed by atoms with Gasteiger partial charge in [0.05, 0.1) is 0 Å². The highest BCUT2D eigenvalue weighted by atomic mass is 35.5. The van der Waals surface area contributed by atoms with E-state index in [2.05, 4.69) is 0 Å². The second kappa shape index (κ2) is 3.67. The Morgan fingerprint density at radius 1 is 1.33 bits per heavy atom. The third-order valence-electron chi connectivity index (χ3n) is 2.75. The monoisotopic (exact) mass is 260 g/mol. The van der Waals surface area contributed by atoms with Gasteiger partial charge in [-0.25, -0.2) is 0 Å². The molecule has 0 aromatic rings. The van der Waals surface area contributed by atoms with E-state index in [-0.39, 0.29) is 0 Å². The molecule has 1 aliphatic rings. The fourth-order valence-corrected chi connectivity index (χ4v) is 2.23. The van der Waals surface area contributed by atoms with Crippen LogP contribution in [0, 0.1) is 17.3 Å². The fourth-order valence-electron chi connectivity index (χ4n) is 1.67. The number of alkyl halides is 3. The molecule has 0 aromatic heterocycles. The van der Waals surface area contributed by atoms with Gasteiger partial charge in [-0.1, -0.05) is 31.5 Å². The molecule has 6 heteroatoms. The first-order valence-corrected chi connectivity index (χ1v) is 4.98. The van der Waals surface area contributed by atoms with Crippen LogP contribution in [0.5, 0.6) is 0 Å². The van der Waals surface area contributed by atoms with Crippen LogP contribution in [-0.2, 0) is 4.79 Å². The number of carbonyl (C=O) groups excluding carboxylic acids is 1. The van der Waals surface area contributed by atoms with E-state index in [0.717, 1.165) is 6.08 Å². The molecule has 15 heavy (non-hydrogen) atoms. The highest BCUT2D eigenvalue weighted by molar-refractivity contribution is 6.64. The standard InChI is InChI=1S/C9H9Cl2F3O/c1-8(2)4(6(8)7(11)15)3-5(10)9(12,13)14/h3-4,6H,1-2H3/t4-,6+/m1/s1. The number of hydrogen-bond donors (Lipinski definition) is 0. The zero-order chi connectivity index (χ0) is 12.0. The third kappa shape index (κ3) is 2.48. The molecule has 0 N–H and O–H groups in total. The van der Waals surface area contributed by atoms with Gasteiger partial charge < -0.3 is 0 Å². The van der Waals surface area contributed by atoms with Crippen LogP contribution in [0.25, 0.3) is 0 Å². The van der Waals surface area contributed by atoms with Gasteiger partial charge in [-0.2, -0.15) is 13.2 Å². The maximum absolute atomic E-state index is 12.1. The molecule has 2 atom stereocenters. The Labute approximate surface area is 95.2 Å². The summed E-state index contributed by atoms with van der Waals surface area (Å²) in [4.78, 5) is 10.9. The molecular formula is C9H9Cl2F3O. The average Bonchev–Trinajstić information content (AvgIpc) is 2.50. The van der Waals surface area contributed by atoms with Crippen molar-refractivity contribution in [3.8, 4) is 0 Å². The molecule has 1 rings (SSSR count). The molecule has 0 spiro atoms. The predicted molar refractivity (Wildman–Crippen MR) is 51.6 cm³/mol. The van der Waals surface area contributed by atoms with E-state index < -0.39 is 33.7 Å². The fraction of sp³-hybridized carbons (Fsp3) is 0.667. The number of allylic oxidation sites excluding steroid dienone is 2. The van der Waals surface area contributed by atoms with Gasteiger partial charge in [0.25, 0.3) is 0 Å². The number of rotatable bonds is 2. The van der Waals surface area contributed by atoms with Gasteiger partial charge in [0.1, 0.15) is 5.03 Å². The van der Waals surface area contributed by atoms with Crippen LogP contribution in [0.3, 0.4) is 0 Å². The molecular weight excluding hydrogens is 252 g/mol. The average molecular weight is 261 g/mol. The van der Waals surface area contributed by atoms with Crippen molar-refractivity contribution < 1.29 is 18.0 Å². The van der Waals surface area contributed by atoms with Crippen LogP contribution in [0.15, 0.2) is 11.1 Å². The molecule has 0 amide bonds. The lowest BCUT2D eigenvalue weighted by Crippen LogP contribution is -2.07. The third-order valence-corrected chi connectivity index (χ3v) is 3.33. The molecule has 1 nitrogen and oxygen atoms in total. The molecule has 0 saturated heterocycles. The molecule has 0 radical (unpaired) electrons. The van der Waals surface area contributed by atoms with E-state index in [1.165, 1.54) is 0 Å². The molecule has 86 valence electrons. The molecule has 0 aromatic carbocycles. The Balaban J connectivity index is 2.83.